The summed E-state index contributed by atoms with van der Waals surface area (Å²) >= 11 is 0. The standard InChI is InChI=1S/C29H22N4O5/c1-19-11-13-20(14-12-19)28-23-9-5-6-10-27(23)38-29(21-7-3-2-4-8-21)24(28)18-30-31-25-16-15-22(32(34)35)17-26(25)33(36)37/h2-18,28,31H,1H3/b30-18-/t28-/m1/s1. The third-order valence-corrected chi connectivity index (χ3v) is 6.24. The molecule has 0 aromatic heterocycles. The fourth-order valence-electron chi connectivity index (χ4n) is 4.40. The Bertz CT molecular complexity index is 1580. The lowest BCUT2D eigenvalue weighted by molar-refractivity contribution is -0.393. The van der Waals surface area contributed by atoms with E-state index in [1.807, 2.05) is 73.7 Å². The fourth-order valence-corrected chi connectivity index (χ4v) is 4.40. The largest absolute Gasteiger partial charge is 0.456 e. The first kappa shape index (κ1) is 24.4. The van der Waals surface area contributed by atoms with Gasteiger partial charge in [-0.2, -0.15) is 5.10 Å². The van der Waals surface area contributed by atoms with Crippen molar-refractivity contribution in [2.45, 2.75) is 12.8 Å². The lowest BCUT2D eigenvalue weighted by atomic mass is 9.81. The molecule has 1 heterocycles. The second-order valence-corrected chi connectivity index (χ2v) is 8.72. The number of para-hydroxylation sites is 1. The number of hydrazone groups is 1. The zero-order valence-corrected chi connectivity index (χ0v) is 20.3. The molecule has 0 radical (unpaired) electrons. The van der Waals surface area contributed by atoms with Crippen molar-refractivity contribution < 1.29 is 14.6 Å². The van der Waals surface area contributed by atoms with Crippen molar-refractivity contribution in [2.24, 2.45) is 5.10 Å². The van der Waals surface area contributed by atoms with Gasteiger partial charge in [-0.25, -0.2) is 0 Å². The first-order chi connectivity index (χ1) is 18.4. The predicted octanol–water partition coefficient (Wildman–Crippen LogP) is 6.84. The highest BCUT2D eigenvalue weighted by atomic mass is 16.6. The summed E-state index contributed by atoms with van der Waals surface area (Å²) in [4.78, 5) is 21.3. The van der Waals surface area contributed by atoms with Crippen LogP contribution in [0, 0.1) is 27.2 Å². The van der Waals surface area contributed by atoms with Crippen LogP contribution in [-0.4, -0.2) is 16.1 Å². The maximum Gasteiger partial charge on any atom is 0.301 e. The molecule has 4 aromatic rings. The Morgan fingerprint density at radius 3 is 2.29 bits per heavy atom. The number of allylic oxidation sites excluding steroid dienone is 1. The van der Waals surface area contributed by atoms with Gasteiger partial charge in [-0.15, -0.1) is 0 Å². The van der Waals surface area contributed by atoms with Crippen LogP contribution in [0.4, 0.5) is 17.1 Å². The minimum absolute atomic E-state index is 0.0303. The van der Waals surface area contributed by atoms with E-state index in [9.17, 15) is 20.2 Å². The van der Waals surface area contributed by atoms with Gasteiger partial charge in [-0.05, 0) is 24.6 Å². The fraction of sp³-hybridized carbons (Fsp3) is 0.0690. The second-order valence-electron chi connectivity index (χ2n) is 8.72. The summed E-state index contributed by atoms with van der Waals surface area (Å²) in [6.45, 7) is 2.02. The third-order valence-electron chi connectivity index (χ3n) is 6.24. The number of hydrogen-bond acceptors (Lipinski definition) is 7. The summed E-state index contributed by atoms with van der Waals surface area (Å²) in [7, 11) is 0. The van der Waals surface area contributed by atoms with E-state index in [1.54, 1.807) is 6.21 Å². The minimum Gasteiger partial charge on any atom is -0.456 e. The van der Waals surface area contributed by atoms with Gasteiger partial charge in [0, 0.05) is 28.7 Å². The molecule has 0 aliphatic carbocycles. The van der Waals surface area contributed by atoms with Crippen molar-refractivity contribution in [3.05, 3.63) is 145 Å². The van der Waals surface area contributed by atoms with Crippen molar-refractivity contribution in [3.63, 3.8) is 0 Å². The Kier molecular flexibility index (Phi) is 6.65. The van der Waals surface area contributed by atoms with Crippen LogP contribution >= 0.6 is 0 Å². The average Bonchev–Trinajstić information content (AvgIpc) is 2.93. The van der Waals surface area contributed by atoms with E-state index in [4.69, 9.17) is 4.74 Å². The van der Waals surface area contributed by atoms with E-state index < -0.39 is 15.5 Å². The number of nitrogens with one attached hydrogen (secondary N) is 1. The van der Waals surface area contributed by atoms with Crippen molar-refractivity contribution in [1.82, 2.24) is 0 Å². The zero-order chi connectivity index (χ0) is 26.6. The van der Waals surface area contributed by atoms with Gasteiger partial charge in [0.1, 0.15) is 17.2 Å². The van der Waals surface area contributed by atoms with Crippen molar-refractivity contribution in [3.8, 4) is 5.75 Å². The van der Waals surface area contributed by atoms with Gasteiger partial charge in [0.2, 0.25) is 0 Å². The SMILES string of the molecule is Cc1ccc([C@H]2C(/C=N\Nc3ccc([N+](=O)[O-])cc3[N+](=O)[O-])=C(c3ccccc3)Oc3ccccc32)cc1. The summed E-state index contributed by atoms with van der Waals surface area (Å²) < 4.78 is 6.39. The smallest absolute Gasteiger partial charge is 0.301 e. The number of nitro benzene ring substituents is 2. The summed E-state index contributed by atoms with van der Waals surface area (Å²) in [6, 6.07) is 29.0. The van der Waals surface area contributed by atoms with E-state index in [-0.39, 0.29) is 17.3 Å². The highest BCUT2D eigenvalue weighted by Crippen LogP contribution is 2.45. The van der Waals surface area contributed by atoms with Gasteiger partial charge in [0.25, 0.3) is 5.69 Å². The molecule has 9 heteroatoms. The molecule has 1 aliphatic rings. The summed E-state index contributed by atoms with van der Waals surface area (Å²) in [5, 5.41) is 27.0. The highest BCUT2D eigenvalue weighted by molar-refractivity contribution is 5.94. The molecule has 1 atom stereocenters. The minimum atomic E-state index is -0.686. The number of non-ortho nitro benzene ring substituents is 1. The van der Waals surface area contributed by atoms with E-state index >= 15 is 0 Å². The molecule has 0 unspecified atom stereocenters. The summed E-state index contributed by atoms with van der Waals surface area (Å²) in [5.74, 6) is 1.11. The number of rotatable bonds is 7. The zero-order valence-electron chi connectivity index (χ0n) is 20.3. The number of ether oxygens (including phenoxy) is 1. The Labute approximate surface area is 218 Å². The molecular weight excluding hydrogens is 484 g/mol. The van der Waals surface area contributed by atoms with Crippen molar-refractivity contribution in [2.75, 3.05) is 5.43 Å². The van der Waals surface area contributed by atoms with E-state index in [1.165, 1.54) is 12.1 Å². The molecule has 0 amide bonds. The Hall–Kier alpha value is -5.31. The maximum atomic E-state index is 11.6. The molecule has 0 saturated heterocycles. The molecule has 188 valence electrons. The van der Waals surface area contributed by atoms with Crippen LogP contribution in [0.3, 0.4) is 0 Å². The normalized spacial score (nSPS) is 14.6. The number of benzene rings is 4. The second kappa shape index (κ2) is 10.4. The molecule has 0 spiro atoms. The first-order valence-corrected chi connectivity index (χ1v) is 11.8. The Morgan fingerprint density at radius 2 is 1.58 bits per heavy atom. The predicted molar refractivity (Wildman–Crippen MR) is 145 cm³/mol. The lowest BCUT2D eigenvalue weighted by Crippen LogP contribution is -2.17. The molecule has 0 bridgehead atoms. The Morgan fingerprint density at radius 1 is 0.868 bits per heavy atom. The Balaban J connectivity index is 1.62. The molecule has 4 aromatic carbocycles. The van der Waals surface area contributed by atoms with Crippen molar-refractivity contribution in [1.29, 1.82) is 0 Å². The van der Waals surface area contributed by atoms with Crippen molar-refractivity contribution >= 4 is 29.0 Å². The van der Waals surface area contributed by atoms with Crippen LogP contribution in [0.15, 0.2) is 108 Å². The van der Waals surface area contributed by atoms with Gasteiger partial charge in [-0.1, -0.05) is 78.4 Å². The van der Waals surface area contributed by atoms with Crippen LogP contribution in [0.1, 0.15) is 28.2 Å². The van der Waals surface area contributed by atoms with Gasteiger partial charge in [0.15, 0.2) is 0 Å². The van der Waals surface area contributed by atoms with Crippen LogP contribution in [0.2, 0.25) is 0 Å². The summed E-state index contributed by atoms with van der Waals surface area (Å²) in [5.41, 5.74) is 6.61. The van der Waals surface area contributed by atoms with Crippen LogP contribution in [0.5, 0.6) is 5.75 Å². The van der Waals surface area contributed by atoms with Gasteiger partial charge in [-0.3, -0.25) is 25.7 Å². The van der Waals surface area contributed by atoms with Crippen LogP contribution in [-0.2, 0) is 0 Å². The molecule has 5 rings (SSSR count). The van der Waals surface area contributed by atoms with E-state index in [0.29, 0.717) is 5.76 Å². The van der Waals surface area contributed by atoms with E-state index in [0.717, 1.165) is 39.6 Å². The van der Waals surface area contributed by atoms with E-state index in [2.05, 4.69) is 22.7 Å². The molecule has 1 aliphatic heterocycles. The molecule has 38 heavy (non-hydrogen) atoms. The maximum absolute atomic E-state index is 11.6. The molecule has 0 fully saturated rings. The number of aryl methyl sites for hydroxylation is 1. The quantitative estimate of drug-likeness (QED) is 0.166. The third kappa shape index (κ3) is 4.85. The first-order valence-electron chi connectivity index (χ1n) is 11.8. The molecule has 9 nitrogen and oxygen atoms in total. The monoisotopic (exact) mass is 506 g/mol. The number of nitrogens with zero attached hydrogens (tertiary/aromatic N) is 3. The topological polar surface area (TPSA) is 120 Å². The number of anilines is 1. The van der Waals surface area contributed by atoms with Crippen LogP contribution in [0.25, 0.3) is 5.76 Å². The molecule has 0 saturated carbocycles. The number of fused-ring (bicyclic) bond motifs is 1. The summed E-state index contributed by atoms with van der Waals surface area (Å²) in [6.07, 6.45) is 1.59. The molecular formula is C29H22N4O5. The molecule has 1 N–H and O–H groups in total. The average molecular weight is 507 g/mol. The highest BCUT2D eigenvalue weighted by Gasteiger charge is 2.31. The number of hydrogen-bond donors (Lipinski definition) is 1. The van der Waals surface area contributed by atoms with Gasteiger partial charge >= 0.3 is 5.69 Å². The van der Waals surface area contributed by atoms with Crippen LogP contribution < -0.4 is 10.2 Å². The van der Waals surface area contributed by atoms with Gasteiger partial charge < -0.3 is 4.74 Å². The lowest BCUT2D eigenvalue weighted by Gasteiger charge is -2.30. The number of nitro groups is 2. The van der Waals surface area contributed by atoms with Gasteiger partial charge in [0.05, 0.1) is 22.1 Å².